The molecule has 1 atom stereocenters. The number of carbonyl (C=O) groups excluding carboxylic acids is 1. The van der Waals surface area contributed by atoms with Crippen LogP contribution in [0.25, 0.3) is 5.95 Å². The number of nitrogens with one attached hydrogen (secondary N) is 1. The molecular weight excluding hydrogens is 344 g/mol. The highest BCUT2D eigenvalue weighted by Crippen LogP contribution is 2.23. The van der Waals surface area contributed by atoms with Crippen LogP contribution in [0.2, 0.25) is 0 Å². The molecule has 3 N–H and O–H groups in total. The summed E-state index contributed by atoms with van der Waals surface area (Å²) < 4.78 is 7.89. The first-order chi connectivity index (χ1) is 11.8. The van der Waals surface area contributed by atoms with Crippen molar-refractivity contribution in [3.8, 4) is 5.95 Å². The molecule has 0 aliphatic rings. The number of anilines is 1. The van der Waals surface area contributed by atoms with E-state index in [0.29, 0.717) is 22.7 Å². The summed E-state index contributed by atoms with van der Waals surface area (Å²) in [7, 11) is 0. The highest BCUT2D eigenvalue weighted by Gasteiger charge is 2.21. The Bertz CT molecular complexity index is 912. The van der Waals surface area contributed by atoms with Crippen LogP contribution < -0.4 is 11.2 Å². The van der Waals surface area contributed by atoms with E-state index in [1.807, 2.05) is 19.9 Å². The second-order valence-corrected chi connectivity index (χ2v) is 6.88. The zero-order valence-corrected chi connectivity index (χ0v) is 15.0. The first-order valence-corrected chi connectivity index (χ1v) is 8.38. The van der Waals surface area contributed by atoms with Crippen molar-refractivity contribution in [1.29, 1.82) is 0 Å². The lowest BCUT2D eigenvalue weighted by Gasteiger charge is -2.09. The molecule has 3 aromatic heterocycles. The van der Waals surface area contributed by atoms with Crippen molar-refractivity contribution in [3.63, 3.8) is 0 Å². The lowest BCUT2D eigenvalue weighted by Crippen LogP contribution is -2.24. The molecule has 10 nitrogen and oxygen atoms in total. The molecule has 0 spiro atoms. The van der Waals surface area contributed by atoms with E-state index >= 15 is 0 Å². The number of amides is 1. The van der Waals surface area contributed by atoms with Gasteiger partial charge in [0.25, 0.3) is 5.95 Å². The summed E-state index contributed by atoms with van der Waals surface area (Å²) in [6.07, 6.45) is 0. The van der Waals surface area contributed by atoms with E-state index in [-0.39, 0.29) is 5.91 Å². The highest BCUT2D eigenvalue weighted by molar-refractivity contribution is 8.00. The molecule has 132 valence electrons. The fraction of sp³-hybridized carbons (Fsp3) is 0.357. The van der Waals surface area contributed by atoms with E-state index in [0.717, 1.165) is 11.4 Å². The Morgan fingerprint density at radius 1 is 1.28 bits per heavy atom. The van der Waals surface area contributed by atoms with Gasteiger partial charge in [-0.05, 0) is 33.8 Å². The van der Waals surface area contributed by atoms with Gasteiger partial charge in [0.2, 0.25) is 16.9 Å². The minimum absolute atomic E-state index is 0.253. The van der Waals surface area contributed by atoms with E-state index in [4.69, 9.17) is 10.4 Å². The molecule has 0 fully saturated rings. The molecule has 11 heteroatoms. The van der Waals surface area contributed by atoms with Crippen molar-refractivity contribution in [2.24, 2.45) is 0 Å². The van der Waals surface area contributed by atoms with Crippen molar-refractivity contribution in [1.82, 2.24) is 29.8 Å². The minimum atomic E-state index is -0.467. The molecule has 1 amide bonds. The zero-order chi connectivity index (χ0) is 18.1. The molecule has 0 aromatic carbocycles. The summed E-state index contributed by atoms with van der Waals surface area (Å²) in [5.41, 5.74) is 2.43. The van der Waals surface area contributed by atoms with Crippen LogP contribution in [-0.4, -0.2) is 41.0 Å². The van der Waals surface area contributed by atoms with Gasteiger partial charge in [-0.15, -0.1) is 10.2 Å². The molecule has 0 bridgehead atoms. The fourth-order valence-electron chi connectivity index (χ4n) is 2.18. The molecule has 1 unspecified atom stereocenters. The van der Waals surface area contributed by atoms with Gasteiger partial charge in [-0.3, -0.25) is 10.1 Å². The molecular formula is C14H18N8O2S. The number of nitrogens with two attached hydrogens (primary N) is 1. The van der Waals surface area contributed by atoms with Gasteiger partial charge in [-0.1, -0.05) is 16.9 Å². The van der Waals surface area contributed by atoms with Gasteiger partial charge in [0.05, 0.1) is 16.6 Å². The van der Waals surface area contributed by atoms with Gasteiger partial charge >= 0.3 is 0 Å². The van der Waals surface area contributed by atoms with Gasteiger partial charge in [0, 0.05) is 11.8 Å². The number of hydrogen-bond donors (Lipinski definition) is 2. The van der Waals surface area contributed by atoms with Crippen molar-refractivity contribution in [2.75, 3.05) is 11.2 Å². The predicted molar refractivity (Wildman–Crippen MR) is 92.0 cm³/mol. The Morgan fingerprint density at radius 3 is 2.64 bits per heavy atom. The van der Waals surface area contributed by atoms with Crippen molar-refractivity contribution in [3.05, 3.63) is 29.2 Å². The van der Waals surface area contributed by atoms with Crippen LogP contribution in [0, 0.1) is 20.8 Å². The zero-order valence-electron chi connectivity index (χ0n) is 14.2. The number of nitrogens with zero attached hydrogens (tertiary/aromatic N) is 6. The molecule has 0 radical (unpaired) electrons. The topological polar surface area (TPSA) is 130 Å². The average molecular weight is 362 g/mol. The predicted octanol–water partition coefficient (Wildman–Crippen LogP) is 1.21. The number of nitrogen functional groups attached to an aromatic ring is 1. The lowest BCUT2D eigenvalue weighted by atomic mass is 10.4. The van der Waals surface area contributed by atoms with E-state index in [9.17, 15) is 4.79 Å². The fourth-order valence-corrected chi connectivity index (χ4v) is 2.95. The van der Waals surface area contributed by atoms with Crippen molar-refractivity contribution in [2.45, 2.75) is 38.1 Å². The van der Waals surface area contributed by atoms with Crippen LogP contribution in [0.3, 0.4) is 0 Å². The molecule has 3 rings (SSSR count). The molecule has 0 aliphatic heterocycles. The molecule has 25 heavy (non-hydrogen) atoms. The smallest absolute Gasteiger partial charge is 0.271 e. The Morgan fingerprint density at radius 2 is 2.04 bits per heavy atom. The van der Waals surface area contributed by atoms with Gasteiger partial charge in [-0.2, -0.15) is 5.10 Å². The Kier molecular flexibility index (Phi) is 4.49. The third-order valence-corrected chi connectivity index (χ3v) is 4.43. The number of hydrogen-bond acceptors (Lipinski definition) is 8. The van der Waals surface area contributed by atoms with E-state index < -0.39 is 5.25 Å². The number of rotatable bonds is 5. The molecule has 3 heterocycles. The number of thioether (sulfide) groups is 1. The number of aryl methyl sites for hydroxylation is 3. The van der Waals surface area contributed by atoms with Gasteiger partial charge in [-0.25, -0.2) is 9.36 Å². The quantitative estimate of drug-likeness (QED) is 0.512. The van der Waals surface area contributed by atoms with Gasteiger partial charge in [0.1, 0.15) is 0 Å². The summed E-state index contributed by atoms with van der Waals surface area (Å²) in [5.74, 6) is 6.49. The summed E-state index contributed by atoms with van der Waals surface area (Å²) in [6.45, 7) is 7.29. The van der Waals surface area contributed by atoms with E-state index in [2.05, 4.69) is 25.8 Å². The normalized spacial score (nSPS) is 12.3. The number of aromatic nitrogens is 6. The summed E-state index contributed by atoms with van der Waals surface area (Å²) in [4.78, 5) is 12.2. The second-order valence-electron chi connectivity index (χ2n) is 5.57. The van der Waals surface area contributed by atoms with Crippen LogP contribution in [0.4, 0.5) is 5.88 Å². The third-order valence-electron chi connectivity index (χ3n) is 3.37. The van der Waals surface area contributed by atoms with Gasteiger partial charge in [0.15, 0.2) is 0 Å². The average Bonchev–Trinajstić information content (AvgIpc) is 3.20. The highest BCUT2D eigenvalue weighted by atomic mass is 32.2. The molecule has 3 aromatic rings. The molecule has 0 aliphatic carbocycles. The SMILES string of the molecule is Cc1cc(NC(=O)C(C)Sc2nnc(-n3nc(C)cc3C)n2N)on1. The molecule has 0 saturated carbocycles. The maximum Gasteiger partial charge on any atom is 0.271 e. The standard InChI is InChI=1S/C14H18N8O2S/c1-7-5-9(3)22(19-7)13-17-18-14(21(13)15)25-10(4)12(23)16-11-6-8(2)20-24-11/h5-6,10H,15H2,1-4H3,(H,16,23). The van der Waals surface area contributed by atoms with E-state index in [1.54, 1.807) is 24.6 Å². The van der Waals surface area contributed by atoms with E-state index in [1.165, 1.54) is 16.4 Å². The monoisotopic (exact) mass is 362 g/mol. The second kappa shape index (κ2) is 6.59. The van der Waals surface area contributed by atoms with Crippen molar-refractivity contribution >= 4 is 23.6 Å². The summed E-state index contributed by atoms with van der Waals surface area (Å²) >= 11 is 1.18. The van der Waals surface area contributed by atoms with Crippen LogP contribution in [-0.2, 0) is 4.79 Å². The lowest BCUT2D eigenvalue weighted by molar-refractivity contribution is -0.115. The van der Waals surface area contributed by atoms with Crippen molar-refractivity contribution < 1.29 is 9.32 Å². The summed E-state index contributed by atoms with van der Waals surface area (Å²) in [5, 5.41) is 18.8. The maximum atomic E-state index is 12.2. The first-order valence-electron chi connectivity index (χ1n) is 7.50. The Labute approximate surface area is 147 Å². The minimum Gasteiger partial charge on any atom is -0.338 e. The van der Waals surface area contributed by atoms with Crippen LogP contribution in [0.1, 0.15) is 24.0 Å². The Hall–Kier alpha value is -2.82. The maximum absolute atomic E-state index is 12.2. The van der Waals surface area contributed by atoms with Crippen LogP contribution in [0.15, 0.2) is 21.8 Å². The third kappa shape index (κ3) is 3.50. The first kappa shape index (κ1) is 17.0. The van der Waals surface area contributed by atoms with Gasteiger partial charge < -0.3 is 10.4 Å². The van der Waals surface area contributed by atoms with Crippen LogP contribution >= 0.6 is 11.8 Å². The molecule has 0 saturated heterocycles. The summed E-state index contributed by atoms with van der Waals surface area (Å²) in [6, 6.07) is 3.55. The Balaban J connectivity index is 1.72. The largest absolute Gasteiger partial charge is 0.338 e. The number of carbonyl (C=O) groups is 1. The van der Waals surface area contributed by atoms with Crippen LogP contribution in [0.5, 0.6) is 0 Å².